The molecular formula is C42H26. The van der Waals surface area contributed by atoms with E-state index in [2.05, 4.69) is 158 Å². The Bertz CT molecular complexity index is 2340. The van der Waals surface area contributed by atoms with Gasteiger partial charge in [0.05, 0.1) is 0 Å². The lowest BCUT2D eigenvalue weighted by atomic mass is 9.94. The van der Waals surface area contributed by atoms with Crippen LogP contribution in [0.5, 0.6) is 0 Å². The summed E-state index contributed by atoms with van der Waals surface area (Å²) >= 11 is 0. The summed E-state index contributed by atoms with van der Waals surface area (Å²) in [6.07, 6.45) is 0. The van der Waals surface area contributed by atoms with Gasteiger partial charge in [-0.2, -0.15) is 0 Å². The topological polar surface area (TPSA) is 0 Å². The minimum Gasteiger partial charge on any atom is -0.0616 e. The summed E-state index contributed by atoms with van der Waals surface area (Å²) in [4.78, 5) is 0. The number of fused-ring (bicyclic) bond motifs is 8. The summed E-state index contributed by atoms with van der Waals surface area (Å²) in [6.45, 7) is 0. The van der Waals surface area contributed by atoms with Crippen molar-refractivity contribution in [3.63, 3.8) is 0 Å². The predicted octanol–water partition coefficient (Wildman–Crippen LogP) is 11.9. The van der Waals surface area contributed by atoms with Gasteiger partial charge in [-0.05, 0) is 123 Å². The molecule has 0 spiro atoms. The zero-order valence-electron chi connectivity index (χ0n) is 23.0. The van der Waals surface area contributed by atoms with Crippen molar-refractivity contribution >= 4 is 64.6 Å². The van der Waals surface area contributed by atoms with Gasteiger partial charge < -0.3 is 0 Å². The highest BCUT2D eigenvalue weighted by Crippen LogP contribution is 2.35. The molecule has 42 heavy (non-hydrogen) atoms. The molecule has 9 aromatic carbocycles. The first-order chi connectivity index (χ1) is 20.8. The van der Waals surface area contributed by atoms with Crippen LogP contribution in [-0.2, 0) is 0 Å². The van der Waals surface area contributed by atoms with Crippen molar-refractivity contribution in [1.29, 1.82) is 0 Å². The lowest BCUT2D eigenvalue weighted by Crippen LogP contribution is -1.84. The fraction of sp³-hybridized carbons (Fsp3) is 0. The smallest absolute Gasteiger partial charge is 0.0105 e. The van der Waals surface area contributed by atoms with Crippen LogP contribution in [0.1, 0.15) is 0 Å². The molecule has 0 atom stereocenters. The largest absolute Gasteiger partial charge is 0.0616 e. The second-order valence-electron chi connectivity index (χ2n) is 11.4. The molecule has 9 aromatic rings. The van der Waals surface area contributed by atoms with Crippen molar-refractivity contribution in [3.8, 4) is 22.3 Å². The van der Waals surface area contributed by atoms with E-state index in [0.717, 1.165) is 0 Å². The Balaban J connectivity index is 1.10. The van der Waals surface area contributed by atoms with E-state index in [-0.39, 0.29) is 0 Å². The first-order valence-corrected chi connectivity index (χ1v) is 14.6. The predicted molar refractivity (Wildman–Crippen MR) is 182 cm³/mol. The lowest BCUT2D eigenvalue weighted by Gasteiger charge is -2.10. The van der Waals surface area contributed by atoms with Crippen molar-refractivity contribution < 1.29 is 0 Å². The zero-order chi connectivity index (χ0) is 27.6. The highest BCUT2D eigenvalue weighted by Gasteiger charge is 2.08. The molecule has 0 saturated carbocycles. The zero-order valence-corrected chi connectivity index (χ0v) is 23.0. The molecule has 194 valence electrons. The van der Waals surface area contributed by atoms with Crippen molar-refractivity contribution in [1.82, 2.24) is 0 Å². The number of rotatable bonds is 2. The van der Waals surface area contributed by atoms with Crippen LogP contribution < -0.4 is 0 Å². The van der Waals surface area contributed by atoms with Crippen molar-refractivity contribution in [2.75, 3.05) is 0 Å². The molecule has 0 heteroatoms. The maximum atomic E-state index is 2.33. The fourth-order valence-corrected chi connectivity index (χ4v) is 6.74. The first-order valence-electron chi connectivity index (χ1n) is 14.6. The second-order valence-corrected chi connectivity index (χ2v) is 11.4. The summed E-state index contributed by atoms with van der Waals surface area (Å²) in [7, 11) is 0. The van der Waals surface area contributed by atoms with Crippen molar-refractivity contribution in [2.24, 2.45) is 0 Å². The number of benzene rings is 9. The van der Waals surface area contributed by atoms with Crippen molar-refractivity contribution in [3.05, 3.63) is 158 Å². The molecule has 0 N–H and O–H groups in total. The monoisotopic (exact) mass is 530 g/mol. The second kappa shape index (κ2) is 9.03. The molecule has 0 aliphatic carbocycles. The van der Waals surface area contributed by atoms with Gasteiger partial charge in [0.25, 0.3) is 0 Å². The first kappa shape index (κ1) is 23.3. The lowest BCUT2D eigenvalue weighted by molar-refractivity contribution is 1.67. The van der Waals surface area contributed by atoms with Crippen LogP contribution in [0.4, 0.5) is 0 Å². The van der Waals surface area contributed by atoms with Gasteiger partial charge in [0, 0.05) is 0 Å². The number of hydrogen-bond donors (Lipinski definition) is 0. The van der Waals surface area contributed by atoms with E-state index in [0.29, 0.717) is 0 Å². The third-order valence-electron chi connectivity index (χ3n) is 8.95. The SMILES string of the molecule is c1ccc2c(c1)ccc1cc(-c3ccc4cc5cc(-c6ccc7c(ccc8ccccc87)c6)ccc5cc4c3)ccc12. The minimum absolute atomic E-state index is 1.25. The van der Waals surface area contributed by atoms with E-state index < -0.39 is 0 Å². The summed E-state index contributed by atoms with van der Waals surface area (Å²) in [5.41, 5.74) is 4.99. The molecule has 0 aliphatic heterocycles. The normalized spacial score (nSPS) is 11.8. The quantitative estimate of drug-likeness (QED) is 0.154. The Hall–Kier alpha value is -5.46. The highest BCUT2D eigenvalue weighted by molar-refractivity contribution is 6.10. The average Bonchev–Trinajstić information content (AvgIpc) is 3.06. The Morgan fingerprint density at radius 3 is 1.00 bits per heavy atom. The van der Waals surface area contributed by atoms with E-state index in [9.17, 15) is 0 Å². The highest BCUT2D eigenvalue weighted by atomic mass is 14.1. The van der Waals surface area contributed by atoms with Gasteiger partial charge in [0.2, 0.25) is 0 Å². The molecule has 0 aliphatic rings. The molecule has 0 nitrogen and oxygen atoms in total. The fourth-order valence-electron chi connectivity index (χ4n) is 6.74. The van der Waals surface area contributed by atoms with E-state index in [4.69, 9.17) is 0 Å². The maximum absolute atomic E-state index is 2.33. The third kappa shape index (κ3) is 3.70. The van der Waals surface area contributed by atoms with Gasteiger partial charge in [0.15, 0.2) is 0 Å². The molecule has 0 fully saturated rings. The molecule has 0 aromatic heterocycles. The summed E-state index contributed by atoms with van der Waals surface area (Å²) in [5.74, 6) is 0. The van der Waals surface area contributed by atoms with Crippen LogP contribution in [0.3, 0.4) is 0 Å². The Kier molecular flexibility index (Phi) is 5.00. The van der Waals surface area contributed by atoms with Gasteiger partial charge in [-0.3, -0.25) is 0 Å². The Morgan fingerprint density at radius 2 is 0.524 bits per heavy atom. The van der Waals surface area contributed by atoms with Crippen molar-refractivity contribution in [2.45, 2.75) is 0 Å². The van der Waals surface area contributed by atoms with Crippen LogP contribution in [0, 0.1) is 0 Å². The summed E-state index contributed by atoms with van der Waals surface area (Å²) in [5, 5.41) is 15.4. The minimum atomic E-state index is 1.25. The number of hydrogen-bond acceptors (Lipinski definition) is 0. The van der Waals surface area contributed by atoms with E-state index in [1.165, 1.54) is 86.9 Å². The summed E-state index contributed by atoms with van der Waals surface area (Å²) < 4.78 is 0. The van der Waals surface area contributed by atoms with E-state index in [1.54, 1.807) is 0 Å². The molecule has 0 saturated heterocycles. The molecule has 0 radical (unpaired) electrons. The van der Waals surface area contributed by atoms with Gasteiger partial charge in [-0.15, -0.1) is 0 Å². The molecule has 0 bridgehead atoms. The van der Waals surface area contributed by atoms with E-state index >= 15 is 0 Å². The molecule has 9 rings (SSSR count). The summed E-state index contributed by atoms with van der Waals surface area (Å²) in [6, 6.07) is 58.3. The van der Waals surface area contributed by atoms with Crippen LogP contribution >= 0.6 is 0 Å². The molecule has 0 unspecified atom stereocenters. The van der Waals surface area contributed by atoms with E-state index in [1.807, 2.05) is 0 Å². The van der Waals surface area contributed by atoms with Crippen LogP contribution in [0.15, 0.2) is 158 Å². The standard InChI is InChI=1S/C42H26/c1-3-7-39-27(5-1)9-15-35-21-31(17-19-41(35)39)29-11-13-33-26-38-24-30(12-14-34(38)25-37(33)23-29)32-18-20-42-36(22-32)16-10-28-6-2-4-8-40(28)42/h1-26H. The third-order valence-corrected chi connectivity index (χ3v) is 8.95. The van der Waals surface area contributed by atoms with Crippen LogP contribution in [-0.4, -0.2) is 0 Å². The molecule has 0 amide bonds. The molecule has 0 heterocycles. The van der Waals surface area contributed by atoms with Crippen LogP contribution in [0.2, 0.25) is 0 Å². The van der Waals surface area contributed by atoms with Gasteiger partial charge in [-0.25, -0.2) is 0 Å². The van der Waals surface area contributed by atoms with Crippen LogP contribution in [0.25, 0.3) is 86.9 Å². The maximum Gasteiger partial charge on any atom is -0.0105 e. The van der Waals surface area contributed by atoms with Gasteiger partial charge in [0.1, 0.15) is 0 Å². The van der Waals surface area contributed by atoms with Gasteiger partial charge >= 0.3 is 0 Å². The van der Waals surface area contributed by atoms with Gasteiger partial charge in [-0.1, -0.05) is 121 Å². The Labute approximate surface area is 244 Å². The molecular weight excluding hydrogens is 504 g/mol. The average molecular weight is 531 g/mol. The Morgan fingerprint density at radius 1 is 0.190 bits per heavy atom.